The number of amides is 1. The molecule has 0 aliphatic heterocycles. The number of nitrogens with one attached hydrogen (secondary N) is 1. The van der Waals surface area contributed by atoms with Crippen molar-refractivity contribution in [3.05, 3.63) is 64.0 Å². The van der Waals surface area contributed by atoms with Crippen LogP contribution in [0.25, 0.3) is 11.3 Å². The van der Waals surface area contributed by atoms with E-state index >= 15 is 0 Å². The van der Waals surface area contributed by atoms with Crippen LogP contribution in [0.4, 0.5) is 5.00 Å². The molecule has 2 aromatic heterocycles. The first kappa shape index (κ1) is 24.0. The molecule has 4 rings (SSSR count). The number of carbonyl (C=O) groups is 2. The van der Waals surface area contributed by atoms with Crippen LogP contribution in [0.5, 0.6) is 0 Å². The predicted octanol–water partition coefficient (Wildman–Crippen LogP) is 5.86. The number of aromatic nitrogens is 1. The molecule has 0 fully saturated rings. The van der Waals surface area contributed by atoms with Crippen LogP contribution in [0.3, 0.4) is 0 Å². The largest absolute Gasteiger partial charge is 0.465 e. The van der Waals surface area contributed by atoms with Crippen molar-refractivity contribution in [1.82, 2.24) is 4.98 Å². The highest BCUT2D eigenvalue weighted by Crippen LogP contribution is 2.38. The molecule has 6 nitrogen and oxygen atoms in total. The van der Waals surface area contributed by atoms with E-state index in [1.807, 2.05) is 36.4 Å². The number of hydrogen-bond acceptors (Lipinski definition) is 7. The number of benzene rings is 1. The fraction of sp³-hybridized carbons (Fsp3) is 0.308. The lowest BCUT2D eigenvalue weighted by molar-refractivity contribution is -0.115. The molecule has 0 unspecified atom stereocenters. The van der Waals surface area contributed by atoms with E-state index in [-0.39, 0.29) is 12.3 Å². The van der Waals surface area contributed by atoms with Gasteiger partial charge in [0.25, 0.3) is 0 Å². The highest BCUT2D eigenvalue weighted by atomic mass is 32.2. The Morgan fingerprint density at radius 3 is 2.71 bits per heavy atom. The van der Waals surface area contributed by atoms with Crippen molar-refractivity contribution in [2.24, 2.45) is 0 Å². The minimum Gasteiger partial charge on any atom is -0.465 e. The fourth-order valence-corrected chi connectivity index (χ4v) is 6.19. The van der Waals surface area contributed by atoms with E-state index in [9.17, 15) is 14.9 Å². The van der Waals surface area contributed by atoms with Gasteiger partial charge in [-0.05, 0) is 43.4 Å². The standard InChI is InChI=1S/C26H25N3O3S2/c1-32-26(31)23-19-10-6-3-7-11-21(19)34-25(23)29-22(30)14-15-33-24-18(16-27)12-13-20(28-24)17-8-4-2-5-9-17/h2,4-5,8-9,12-13H,3,6-7,10-11,14-15H2,1H3,(H,29,30). The van der Waals surface area contributed by atoms with Gasteiger partial charge in [0, 0.05) is 22.6 Å². The Morgan fingerprint density at radius 1 is 1.15 bits per heavy atom. The number of nitriles is 1. The van der Waals surface area contributed by atoms with Gasteiger partial charge in [-0.3, -0.25) is 4.79 Å². The van der Waals surface area contributed by atoms with Crippen LogP contribution >= 0.6 is 23.1 Å². The van der Waals surface area contributed by atoms with Crippen molar-refractivity contribution in [3.8, 4) is 17.3 Å². The molecule has 1 aliphatic rings. The number of thiophene rings is 1. The van der Waals surface area contributed by atoms with Crippen molar-refractivity contribution >= 4 is 40.0 Å². The number of anilines is 1. The molecule has 1 amide bonds. The van der Waals surface area contributed by atoms with Gasteiger partial charge in [0.15, 0.2) is 0 Å². The predicted molar refractivity (Wildman–Crippen MR) is 135 cm³/mol. The molecule has 1 aromatic carbocycles. The van der Waals surface area contributed by atoms with E-state index < -0.39 is 5.97 Å². The minimum absolute atomic E-state index is 0.174. The van der Waals surface area contributed by atoms with Crippen LogP contribution in [0, 0.1) is 11.3 Å². The first-order valence-electron chi connectivity index (χ1n) is 11.2. The molecule has 174 valence electrons. The number of hydrogen-bond donors (Lipinski definition) is 1. The maximum atomic E-state index is 12.7. The van der Waals surface area contributed by atoms with E-state index in [0.29, 0.717) is 26.9 Å². The summed E-state index contributed by atoms with van der Waals surface area (Å²) in [5, 5.41) is 13.6. The molecule has 3 aromatic rings. The van der Waals surface area contributed by atoms with Gasteiger partial charge in [-0.25, -0.2) is 9.78 Å². The lowest BCUT2D eigenvalue weighted by Gasteiger charge is -2.08. The number of methoxy groups -OCH3 is 1. The van der Waals surface area contributed by atoms with E-state index in [0.717, 1.165) is 48.9 Å². The maximum absolute atomic E-state index is 12.7. The summed E-state index contributed by atoms with van der Waals surface area (Å²) in [7, 11) is 1.37. The summed E-state index contributed by atoms with van der Waals surface area (Å²) in [5.41, 5.74) is 3.78. The molecular formula is C26H25N3O3S2. The number of esters is 1. The number of thioether (sulfide) groups is 1. The average molecular weight is 492 g/mol. The number of pyridine rings is 1. The van der Waals surface area contributed by atoms with Crippen molar-refractivity contribution in [2.45, 2.75) is 43.6 Å². The normalized spacial score (nSPS) is 12.8. The summed E-state index contributed by atoms with van der Waals surface area (Å²) >= 11 is 2.87. The number of aryl methyl sites for hydroxylation is 1. The third kappa shape index (κ3) is 5.49. The van der Waals surface area contributed by atoms with Crippen LogP contribution in [-0.2, 0) is 22.4 Å². The molecule has 8 heteroatoms. The lowest BCUT2D eigenvalue weighted by atomic mass is 10.1. The van der Waals surface area contributed by atoms with Gasteiger partial charge < -0.3 is 10.1 Å². The Balaban J connectivity index is 1.44. The zero-order valence-corrected chi connectivity index (χ0v) is 20.6. The minimum atomic E-state index is -0.398. The molecule has 0 saturated carbocycles. The second-order valence-electron chi connectivity index (χ2n) is 7.93. The van der Waals surface area contributed by atoms with Crippen molar-refractivity contribution in [3.63, 3.8) is 0 Å². The van der Waals surface area contributed by atoms with Crippen LogP contribution in [0.1, 0.15) is 52.0 Å². The van der Waals surface area contributed by atoms with Gasteiger partial charge in [-0.2, -0.15) is 5.26 Å². The van der Waals surface area contributed by atoms with Gasteiger partial charge >= 0.3 is 5.97 Å². The first-order valence-corrected chi connectivity index (χ1v) is 13.0. The molecule has 0 spiro atoms. The van der Waals surface area contributed by atoms with Gasteiger partial charge in [0.2, 0.25) is 5.91 Å². The highest BCUT2D eigenvalue weighted by Gasteiger charge is 2.26. The van der Waals surface area contributed by atoms with E-state index in [2.05, 4.69) is 16.4 Å². The number of carbonyl (C=O) groups excluding carboxylic acids is 2. The van der Waals surface area contributed by atoms with E-state index in [1.54, 1.807) is 6.07 Å². The SMILES string of the molecule is COC(=O)c1c(NC(=O)CCSc2nc(-c3ccccc3)ccc2C#N)sc2c1CCCCC2. The summed E-state index contributed by atoms with van der Waals surface area (Å²) in [5.74, 6) is -0.110. The zero-order chi connectivity index (χ0) is 23.9. The molecule has 1 N–H and O–H groups in total. The highest BCUT2D eigenvalue weighted by molar-refractivity contribution is 7.99. The maximum Gasteiger partial charge on any atom is 0.341 e. The number of ether oxygens (including phenoxy) is 1. The third-order valence-corrected chi connectivity index (χ3v) is 7.88. The third-order valence-electron chi connectivity index (χ3n) is 5.68. The zero-order valence-electron chi connectivity index (χ0n) is 18.9. The Labute approximate surface area is 207 Å². The number of rotatable bonds is 7. The Bertz CT molecular complexity index is 1230. The molecule has 1 aliphatic carbocycles. The number of nitrogens with zero attached hydrogens (tertiary/aromatic N) is 2. The smallest absolute Gasteiger partial charge is 0.341 e. The first-order chi connectivity index (χ1) is 16.6. The van der Waals surface area contributed by atoms with Gasteiger partial charge in [-0.15, -0.1) is 23.1 Å². The Morgan fingerprint density at radius 2 is 1.94 bits per heavy atom. The van der Waals surface area contributed by atoms with Crippen LogP contribution < -0.4 is 5.32 Å². The quantitative estimate of drug-likeness (QED) is 0.253. The van der Waals surface area contributed by atoms with Crippen molar-refractivity contribution < 1.29 is 14.3 Å². The summed E-state index contributed by atoms with van der Waals surface area (Å²) in [6.45, 7) is 0. The summed E-state index contributed by atoms with van der Waals surface area (Å²) in [6, 6.07) is 15.5. The van der Waals surface area contributed by atoms with Gasteiger partial charge in [-0.1, -0.05) is 36.8 Å². The molecule has 0 saturated heterocycles. The second-order valence-corrected chi connectivity index (χ2v) is 10.1. The molecule has 0 radical (unpaired) electrons. The summed E-state index contributed by atoms with van der Waals surface area (Å²) in [6.07, 6.45) is 5.27. The summed E-state index contributed by atoms with van der Waals surface area (Å²) in [4.78, 5) is 31.0. The fourth-order valence-electron chi connectivity index (χ4n) is 3.98. The molecular weight excluding hydrogens is 466 g/mol. The van der Waals surface area contributed by atoms with E-state index in [1.165, 1.54) is 35.1 Å². The van der Waals surface area contributed by atoms with E-state index in [4.69, 9.17) is 4.74 Å². The van der Waals surface area contributed by atoms with Crippen LogP contribution in [0.2, 0.25) is 0 Å². The monoisotopic (exact) mass is 491 g/mol. The summed E-state index contributed by atoms with van der Waals surface area (Å²) < 4.78 is 5.01. The van der Waals surface area contributed by atoms with Crippen LogP contribution in [0.15, 0.2) is 47.5 Å². The second kappa shape index (κ2) is 11.3. The van der Waals surface area contributed by atoms with Gasteiger partial charge in [0.1, 0.15) is 16.1 Å². The Kier molecular flexibility index (Phi) is 7.99. The molecule has 2 heterocycles. The molecule has 0 bridgehead atoms. The molecule has 34 heavy (non-hydrogen) atoms. The number of fused-ring (bicyclic) bond motifs is 1. The van der Waals surface area contributed by atoms with Crippen molar-refractivity contribution in [1.29, 1.82) is 5.26 Å². The van der Waals surface area contributed by atoms with Crippen LogP contribution in [-0.4, -0.2) is 29.7 Å². The lowest BCUT2D eigenvalue weighted by Crippen LogP contribution is -2.15. The average Bonchev–Trinajstić information content (AvgIpc) is 3.03. The van der Waals surface area contributed by atoms with Gasteiger partial charge in [0.05, 0.1) is 23.9 Å². The topological polar surface area (TPSA) is 92.1 Å². The molecule has 0 atom stereocenters. The van der Waals surface area contributed by atoms with Crippen molar-refractivity contribution in [2.75, 3.05) is 18.2 Å². The Hall–Kier alpha value is -3.15.